The maximum Gasteiger partial charge on any atom is 0.335 e. The Morgan fingerprint density at radius 1 is 1.38 bits per heavy atom. The van der Waals surface area contributed by atoms with Gasteiger partial charge in [-0.3, -0.25) is 9.59 Å². The van der Waals surface area contributed by atoms with Gasteiger partial charge in [-0.25, -0.2) is 4.79 Å². The largest absolute Gasteiger partial charge is 0.478 e. The highest BCUT2D eigenvalue weighted by Crippen LogP contribution is 2.20. The Bertz CT molecular complexity index is 603. The van der Waals surface area contributed by atoms with Gasteiger partial charge in [0.15, 0.2) is 0 Å². The Morgan fingerprint density at radius 2 is 2.05 bits per heavy atom. The number of nitrogens with zero attached hydrogens (tertiary/aromatic N) is 1. The van der Waals surface area contributed by atoms with Crippen LogP contribution in [0, 0.1) is 0 Å². The molecule has 1 aromatic rings. The number of carbonyl (C=O) groups excluding carboxylic acids is 2. The van der Waals surface area contributed by atoms with Gasteiger partial charge >= 0.3 is 5.97 Å². The molecule has 1 saturated heterocycles. The highest BCUT2D eigenvalue weighted by molar-refractivity contribution is 9.10. The lowest BCUT2D eigenvalue weighted by molar-refractivity contribution is -0.127. The van der Waals surface area contributed by atoms with Crippen molar-refractivity contribution in [3.05, 3.63) is 33.8 Å². The van der Waals surface area contributed by atoms with Crippen molar-refractivity contribution in [2.45, 2.75) is 19.4 Å². The number of nitrogens with one attached hydrogen (secondary N) is 1. The number of benzene rings is 1. The van der Waals surface area contributed by atoms with Crippen LogP contribution in [0.3, 0.4) is 0 Å². The molecular weight excluding hydrogens is 340 g/mol. The fourth-order valence-corrected chi connectivity index (χ4v) is 2.86. The molecule has 0 aromatic heterocycles. The number of rotatable bonds is 3. The van der Waals surface area contributed by atoms with E-state index in [9.17, 15) is 14.4 Å². The van der Waals surface area contributed by atoms with E-state index < -0.39 is 12.0 Å². The summed E-state index contributed by atoms with van der Waals surface area (Å²) >= 11 is 3.20. The van der Waals surface area contributed by atoms with Gasteiger partial charge in [0.1, 0.15) is 6.04 Å². The SMILES string of the molecule is CCC1C(=O)NCCN1C(=O)c1cc(Br)cc(C(=O)O)c1. The second-order valence-corrected chi connectivity index (χ2v) is 5.66. The van der Waals surface area contributed by atoms with Crippen molar-refractivity contribution in [1.29, 1.82) is 0 Å². The summed E-state index contributed by atoms with van der Waals surface area (Å²) in [5.41, 5.74) is 0.289. The van der Waals surface area contributed by atoms with E-state index in [0.29, 0.717) is 24.0 Å². The van der Waals surface area contributed by atoms with Crippen LogP contribution in [0.2, 0.25) is 0 Å². The smallest absolute Gasteiger partial charge is 0.335 e. The predicted octanol–water partition coefficient (Wildman–Crippen LogP) is 1.50. The lowest BCUT2D eigenvalue weighted by Gasteiger charge is -2.34. The average molecular weight is 355 g/mol. The van der Waals surface area contributed by atoms with Gasteiger partial charge in [0, 0.05) is 23.1 Å². The second kappa shape index (κ2) is 6.26. The molecule has 7 heteroatoms. The van der Waals surface area contributed by atoms with Gasteiger partial charge in [0.2, 0.25) is 5.91 Å². The van der Waals surface area contributed by atoms with Crippen LogP contribution in [0.25, 0.3) is 0 Å². The molecule has 1 atom stereocenters. The number of aromatic carboxylic acids is 1. The molecule has 1 unspecified atom stereocenters. The Kier molecular flexibility index (Phi) is 4.62. The highest BCUT2D eigenvalue weighted by atomic mass is 79.9. The lowest BCUT2D eigenvalue weighted by atomic mass is 10.1. The van der Waals surface area contributed by atoms with Gasteiger partial charge in [-0.05, 0) is 24.6 Å². The number of carboxylic acids is 1. The molecule has 0 saturated carbocycles. The summed E-state index contributed by atoms with van der Waals surface area (Å²) < 4.78 is 0.514. The predicted molar refractivity (Wildman–Crippen MR) is 79.2 cm³/mol. The normalized spacial score (nSPS) is 18.3. The summed E-state index contributed by atoms with van der Waals surface area (Å²) in [6.45, 7) is 2.65. The van der Waals surface area contributed by atoms with E-state index in [-0.39, 0.29) is 22.9 Å². The number of hydrogen-bond donors (Lipinski definition) is 2. The maximum absolute atomic E-state index is 12.6. The first kappa shape index (κ1) is 15.5. The van der Waals surface area contributed by atoms with Crippen molar-refractivity contribution in [2.24, 2.45) is 0 Å². The topological polar surface area (TPSA) is 86.7 Å². The summed E-state index contributed by atoms with van der Waals surface area (Å²) in [5.74, 6) is -1.61. The molecule has 1 heterocycles. The van der Waals surface area contributed by atoms with E-state index in [0.717, 1.165) is 0 Å². The zero-order valence-electron chi connectivity index (χ0n) is 11.4. The van der Waals surface area contributed by atoms with E-state index >= 15 is 0 Å². The second-order valence-electron chi connectivity index (χ2n) is 4.75. The van der Waals surface area contributed by atoms with Crippen LogP contribution in [0.4, 0.5) is 0 Å². The van der Waals surface area contributed by atoms with Crippen molar-refractivity contribution in [1.82, 2.24) is 10.2 Å². The van der Waals surface area contributed by atoms with Crippen molar-refractivity contribution < 1.29 is 19.5 Å². The van der Waals surface area contributed by atoms with Crippen LogP contribution in [-0.2, 0) is 4.79 Å². The highest BCUT2D eigenvalue weighted by Gasteiger charge is 2.32. The molecule has 2 rings (SSSR count). The monoisotopic (exact) mass is 354 g/mol. The van der Waals surface area contributed by atoms with Gasteiger partial charge in [-0.1, -0.05) is 22.9 Å². The molecule has 0 bridgehead atoms. The third kappa shape index (κ3) is 3.24. The van der Waals surface area contributed by atoms with Crippen LogP contribution in [0.15, 0.2) is 22.7 Å². The fourth-order valence-electron chi connectivity index (χ4n) is 2.37. The number of carboxylic acid groups (broad SMARTS) is 1. The molecular formula is C14H15BrN2O4. The molecule has 112 valence electrons. The van der Waals surface area contributed by atoms with E-state index in [1.54, 1.807) is 6.07 Å². The van der Waals surface area contributed by atoms with Crippen LogP contribution < -0.4 is 5.32 Å². The molecule has 6 nitrogen and oxygen atoms in total. The molecule has 2 N–H and O–H groups in total. The zero-order chi connectivity index (χ0) is 15.6. The quantitative estimate of drug-likeness (QED) is 0.860. The van der Waals surface area contributed by atoms with E-state index in [2.05, 4.69) is 21.2 Å². The maximum atomic E-state index is 12.6. The summed E-state index contributed by atoms with van der Waals surface area (Å²) in [6.07, 6.45) is 0.511. The molecule has 1 aliphatic heterocycles. The average Bonchev–Trinajstić information content (AvgIpc) is 2.45. The van der Waals surface area contributed by atoms with Crippen LogP contribution in [-0.4, -0.2) is 46.9 Å². The molecule has 1 aromatic carbocycles. The molecule has 21 heavy (non-hydrogen) atoms. The number of halogens is 1. The molecule has 0 radical (unpaired) electrons. The van der Waals surface area contributed by atoms with Crippen molar-refractivity contribution in [2.75, 3.05) is 13.1 Å². The van der Waals surface area contributed by atoms with Crippen molar-refractivity contribution >= 4 is 33.7 Å². The van der Waals surface area contributed by atoms with Gasteiger partial charge in [-0.15, -0.1) is 0 Å². The third-order valence-corrected chi connectivity index (χ3v) is 3.83. The molecule has 0 aliphatic carbocycles. The van der Waals surface area contributed by atoms with Crippen LogP contribution in [0.5, 0.6) is 0 Å². The van der Waals surface area contributed by atoms with Crippen molar-refractivity contribution in [3.63, 3.8) is 0 Å². The first-order valence-corrected chi connectivity index (χ1v) is 7.36. The Hall–Kier alpha value is -1.89. The standard InChI is InChI=1S/C14H15BrN2O4/c1-2-11-12(18)16-3-4-17(11)13(19)8-5-9(14(20)21)7-10(15)6-8/h5-7,11H,2-4H2,1H3,(H,16,18)(H,20,21). The minimum absolute atomic E-state index is 0.0298. The first-order valence-electron chi connectivity index (χ1n) is 6.56. The molecule has 1 aliphatic rings. The van der Waals surface area contributed by atoms with E-state index in [4.69, 9.17) is 5.11 Å². The zero-order valence-corrected chi connectivity index (χ0v) is 13.0. The van der Waals surface area contributed by atoms with Gasteiger partial charge in [0.25, 0.3) is 5.91 Å². The van der Waals surface area contributed by atoms with Gasteiger partial charge in [-0.2, -0.15) is 0 Å². The van der Waals surface area contributed by atoms with Crippen molar-refractivity contribution in [3.8, 4) is 0 Å². The van der Waals surface area contributed by atoms with E-state index in [1.165, 1.54) is 17.0 Å². The van der Waals surface area contributed by atoms with E-state index in [1.807, 2.05) is 6.92 Å². The third-order valence-electron chi connectivity index (χ3n) is 3.37. The van der Waals surface area contributed by atoms with Crippen LogP contribution >= 0.6 is 15.9 Å². The van der Waals surface area contributed by atoms with Gasteiger partial charge < -0.3 is 15.3 Å². The Morgan fingerprint density at radius 3 is 2.67 bits per heavy atom. The Balaban J connectivity index is 2.34. The van der Waals surface area contributed by atoms with Gasteiger partial charge in [0.05, 0.1) is 5.56 Å². The first-order chi connectivity index (χ1) is 9.93. The summed E-state index contributed by atoms with van der Waals surface area (Å²) in [5, 5.41) is 11.8. The number of piperazine rings is 1. The number of amides is 2. The number of carbonyl (C=O) groups is 3. The minimum Gasteiger partial charge on any atom is -0.478 e. The van der Waals surface area contributed by atoms with Crippen LogP contribution in [0.1, 0.15) is 34.1 Å². The molecule has 2 amide bonds. The fraction of sp³-hybridized carbons (Fsp3) is 0.357. The lowest BCUT2D eigenvalue weighted by Crippen LogP contribution is -2.56. The Labute approximate surface area is 130 Å². The summed E-state index contributed by atoms with van der Waals surface area (Å²) in [6, 6.07) is 3.81. The summed E-state index contributed by atoms with van der Waals surface area (Å²) in [4.78, 5) is 36.9. The minimum atomic E-state index is -1.10. The number of hydrogen-bond acceptors (Lipinski definition) is 3. The molecule has 0 spiro atoms. The summed E-state index contributed by atoms with van der Waals surface area (Å²) in [7, 11) is 0. The molecule has 1 fully saturated rings.